The van der Waals surface area contributed by atoms with E-state index in [1.54, 1.807) is 0 Å². The molecule has 1 saturated heterocycles. The molecular weight excluding hydrogens is 352 g/mol. The van der Waals surface area contributed by atoms with Gasteiger partial charge in [0.25, 0.3) is 0 Å². The Hall–Kier alpha value is -1.65. The van der Waals surface area contributed by atoms with Crippen LogP contribution in [0.2, 0.25) is 0 Å². The van der Waals surface area contributed by atoms with Gasteiger partial charge in [-0.1, -0.05) is 52.3 Å². The first-order valence-corrected chi connectivity index (χ1v) is 8.87. The number of benzene rings is 2. The van der Waals surface area contributed by atoms with Crippen molar-refractivity contribution >= 4 is 27.5 Å². The Bertz CT molecular complexity index is 738. The molecule has 0 aliphatic carbocycles. The molecule has 0 saturated carbocycles. The van der Waals surface area contributed by atoms with Gasteiger partial charge in [0.2, 0.25) is 5.91 Å². The molecule has 1 amide bonds. The van der Waals surface area contributed by atoms with Crippen LogP contribution in [0.25, 0.3) is 0 Å². The van der Waals surface area contributed by atoms with Gasteiger partial charge in [-0.2, -0.15) is 0 Å². The van der Waals surface area contributed by atoms with Crippen molar-refractivity contribution in [3.63, 3.8) is 0 Å². The fourth-order valence-corrected chi connectivity index (χ4v) is 4.66. The lowest BCUT2D eigenvalue weighted by Gasteiger charge is -2.33. The Morgan fingerprint density at radius 3 is 2.52 bits per heavy atom. The summed E-state index contributed by atoms with van der Waals surface area (Å²) in [7, 11) is 0. The molecule has 2 aliphatic rings. The van der Waals surface area contributed by atoms with Crippen molar-refractivity contribution in [1.29, 1.82) is 0 Å². The van der Waals surface area contributed by atoms with Crippen molar-refractivity contribution in [2.24, 2.45) is 0 Å². The van der Waals surface area contributed by atoms with Gasteiger partial charge in [0.05, 0.1) is 12.0 Å². The lowest BCUT2D eigenvalue weighted by atomic mass is 9.74. The van der Waals surface area contributed by atoms with E-state index in [0.29, 0.717) is 6.54 Å². The molecule has 0 bridgehead atoms. The predicted molar refractivity (Wildman–Crippen MR) is 95.6 cm³/mol. The van der Waals surface area contributed by atoms with Crippen LogP contribution in [0.3, 0.4) is 0 Å². The lowest BCUT2D eigenvalue weighted by molar-refractivity contribution is -0.124. The summed E-state index contributed by atoms with van der Waals surface area (Å²) >= 11 is 3.70. The Kier molecular flexibility index (Phi) is 3.74. The highest BCUT2D eigenvalue weighted by Gasteiger charge is 2.51. The molecule has 1 N–H and O–H groups in total. The number of hydrogen-bond acceptors (Lipinski definition) is 2. The SMILES string of the molecule is O=C1N(Cc2ccccc2)c2cccc(Br)c2C12CCNCC2. The van der Waals surface area contributed by atoms with Crippen LogP contribution in [-0.4, -0.2) is 19.0 Å². The Balaban J connectivity index is 1.80. The number of nitrogens with zero attached hydrogens (tertiary/aromatic N) is 1. The molecular formula is C19H19BrN2O. The first-order chi connectivity index (χ1) is 11.2. The summed E-state index contributed by atoms with van der Waals surface area (Å²) in [6.07, 6.45) is 1.74. The number of carbonyl (C=O) groups is 1. The van der Waals surface area contributed by atoms with Crippen LogP contribution >= 0.6 is 15.9 Å². The number of carbonyl (C=O) groups excluding carboxylic acids is 1. The number of anilines is 1. The molecule has 0 unspecified atom stereocenters. The summed E-state index contributed by atoms with van der Waals surface area (Å²) in [6.45, 7) is 2.43. The Morgan fingerprint density at radius 1 is 1.04 bits per heavy atom. The first kappa shape index (κ1) is 14.9. The van der Waals surface area contributed by atoms with Gasteiger partial charge in [0, 0.05) is 15.7 Å². The van der Waals surface area contributed by atoms with Gasteiger partial charge in [-0.05, 0) is 43.6 Å². The molecule has 2 aromatic carbocycles. The van der Waals surface area contributed by atoms with Crippen LogP contribution < -0.4 is 10.2 Å². The highest BCUT2D eigenvalue weighted by atomic mass is 79.9. The van der Waals surface area contributed by atoms with Gasteiger partial charge in [0.1, 0.15) is 0 Å². The summed E-state index contributed by atoms with van der Waals surface area (Å²) in [5.41, 5.74) is 3.05. The average molecular weight is 371 g/mol. The van der Waals surface area contributed by atoms with Gasteiger partial charge >= 0.3 is 0 Å². The normalized spacial score (nSPS) is 19.2. The summed E-state index contributed by atoms with van der Waals surface area (Å²) in [5.74, 6) is 0.254. The fraction of sp³-hybridized carbons (Fsp3) is 0.316. The van der Waals surface area contributed by atoms with E-state index in [9.17, 15) is 4.79 Å². The van der Waals surface area contributed by atoms with E-state index >= 15 is 0 Å². The number of fused-ring (bicyclic) bond motifs is 2. The second-order valence-electron chi connectivity index (χ2n) is 6.34. The van der Waals surface area contributed by atoms with E-state index in [1.807, 2.05) is 29.2 Å². The zero-order chi connectivity index (χ0) is 15.9. The molecule has 0 atom stereocenters. The minimum Gasteiger partial charge on any atom is -0.317 e. The van der Waals surface area contributed by atoms with E-state index in [4.69, 9.17) is 0 Å². The molecule has 2 aliphatic heterocycles. The summed E-state index contributed by atoms with van der Waals surface area (Å²) in [5, 5.41) is 3.39. The van der Waals surface area contributed by atoms with Crippen LogP contribution in [0, 0.1) is 0 Å². The van der Waals surface area contributed by atoms with Crippen LogP contribution in [-0.2, 0) is 16.8 Å². The van der Waals surface area contributed by atoms with Gasteiger partial charge in [0.15, 0.2) is 0 Å². The second-order valence-corrected chi connectivity index (χ2v) is 7.20. The number of piperidine rings is 1. The van der Waals surface area contributed by atoms with Gasteiger partial charge in [-0.15, -0.1) is 0 Å². The minimum atomic E-state index is -0.366. The van der Waals surface area contributed by atoms with E-state index in [2.05, 4.69) is 45.5 Å². The third-order valence-electron chi connectivity index (χ3n) is 5.06. The topological polar surface area (TPSA) is 32.3 Å². The monoisotopic (exact) mass is 370 g/mol. The van der Waals surface area contributed by atoms with Crippen molar-refractivity contribution < 1.29 is 4.79 Å². The van der Waals surface area contributed by atoms with Crippen LogP contribution in [0.15, 0.2) is 53.0 Å². The fourth-order valence-electron chi connectivity index (χ4n) is 3.93. The quantitative estimate of drug-likeness (QED) is 0.875. The molecule has 0 radical (unpaired) electrons. The van der Waals surface area contributed by atoms with Crippen LogP contribution in [0.5, 0.6) is 0 Å². The van der Waals surface area contributed by atoms with Crippen molar-refractivity contribution in [3.05, 3.63) is 64.1 Å². The maximum absolute atomic E-state index is 13.4. The number of hydrogen-bond donors (Lipinski definition) is 1. The molecule has 0 aromatic heterocycles. The van der Waals surface area contributed by atoms with Crippen LogP contribution in [0.4, 0.5) is 5.69 Å². The standard InChI is InChI=1S/C19H19BrN2O/c20-15-7-4-8-16-17(15)19(9-11-21-12-10-19)18(23)22(16)13-14-5-2-1-3-6-14/h1-8,21H,9-13H2. The number of halogens is 1. The maximum Gasteiger partial charge on any atom is 0.238 e. The average Bonchev–Trinajstić information content (AvgIpc) is 2.80. The number of rotatable bonds is 2. The molecule has 118 valence electrons. The van der Waals surface area contributed by atoms with E-state index in [1.165, 1.54) is 5.56 Å². The summed E-state index contributed by atoms with van der Waals surface area (Å²) in [4.78, 5) is 15.3. The van der Waals surface area contributed by atoms with Gasteiger partial charge in [-0.25, -0.2) is 0 Å². The Morgan fingerprint density at radius 2 is 1.78 bits per heavy atom. The zero-order valence-electron chi connectivity index (χ0n) is 12.9. The zero-order valence-corrected chi connectivity index (χ0v) is 14.5. The first-order valence-electron chi connectivity index (χ1n) is 8.08. The number of nitrogens with one attached hydrogen (secondary N) is 1. The largest absolute Gasteiger partial charge is 0.317 e. The molecule has 23 heavy (non-hydrogen) atoms. The third-order valence-corrected chi connectivity index (χ3v) is 5.72. The van der Waals surface area contributed by atoms with E-state index < -0.39 is 0 Å². The minimum absolute atomic E-state index is 0.254. The third kappa shape index (κ3) is 2.32. The molecule has 2 heterocycles. The summed E-state index contributed by atoms with van der Waals surface area (Å²) in [6, 6.07) is 16.4. The maximum atomic E-state index is 13.4. The second kappa shape index (κ2) is 5.77. The van der Waals surface area contributed by atoms with Crippen molar-refractivity contribution in [2.75, 3.05) is 18.0 Å². The summed E-state index contributed by atoms with van der Waals surface area (Å²) < 4.78 is 1.06. The van der Waals surface area contributed by atoms with Crippen molar-refractivity contribution in [2.45, 2.75) is 24.8 Å². The molecule has 1 spiro atoms. The van der Waals surface area contributed by atoms with Crippen LogP contribution in [0.1, 0.15) is 24.0 Å². The van der Waals surface area contributed by atoms with Gasteiger partial charge < -0.3 is 10.2 Å². The highest BCUT2D eigenvalue weighted by molar-refractivity contribution is 9.10. The molecule has 4 rings (SSSR count). The predicted octanol–water partition coefficient (Wildman–Crippen LogP) is 3.62. The molecule has 3 nitrogen and oxygen atoms in total. The highest BCUT2D eigenvalue weighted by Crippen LogP contribution is 2.50. The number of amides is 1. The lowest BCUT2D eigenvalue weighted by Crippen LogP contribution is -2.47. The Labute approximate surface area is 144 Å². The van der Waals surface area contributed by atoms with Crippen molar-refractivity contribution in [3.8, 4) is 0 Å². The molecule has 2 aromatic rings. The smallest absolute Gasteiger partial charge is 0.238 e. The van der Waals surface area contributed by atoms with Gasteiger partial charge in [-0.3, -0.25) is 4.79 Å². The van der Waals surface area contributed by atoms with Crippen molar-refractivity contribution in [1.82, 2.24) is 5.32 Å². The van der Waals surface area contributed by atoms with E-state index in [-0.39, 0.29) is 11.3 Å². The molecule has 1 fully saturated rings. The molecule has 4 heteroatoms. The van der Waals surface area contributed by atoms with E-state index in [0.717, 1.165) is 41.7 Å².